The Morgan fingerprint density at radius 3 is 2.56 bits per heavy atom. The van der Waals surface area contributed by atoms with E-state index in [9.17, 15) is 4.39 Å². The molecule has 0 saturated carbocycles. The molecule has 0 heterocycles. The molecule has 0 fully saturated rings. The first-order valence-corrected chi connectivity index (χ1v) is 7.17. The van der Waals surface area contributed by atoms with Crippen molar-refractivity contribution >= 4 is 27.7 Å². The van der Waals surface area contributed by atoms with Gasteiger partial charge in [0.15, 0.2) is 0 Å². The van der Waals surface area contributed by atoms with Crippen LogP contribution in [-0.2, 0) is 5.75 Å². The molecule has 4 heteroatoms. The zero-order valence-electron chi connectivity index (χ0n) is 9.82. The zero-order valence-corrected chi connectivity index (χ0v) is 12.2. The third kappa shape index (κ3) is 3.50. The highest BCUT2D eigenvalue weighted by Crippen LogP contribution is 2.29. The molecule has 0 aliphatic heterocycles. The van der Waals surface area contributed by atoms with Crippen LogP contribution in [-0.4, -0.2) is 7.11 Å². The topological polar surface area (TPSA) is 9.23 Å². The van der Waals surface area contributed by atoms with Crippen LogP contribution in [0.15, 0.2) is 51.8 Å². The van der Waals surface area contributed by atoms with Crippen molar-refractivity contribution in [1.82, 2.24) is 0 Å². The maximum Gasteiger partial charge on any atom is 0.123 e. The highest BCUT2D eigenvalue weighted by atomic mass is 79.9. The van der Waals surface area contributed by atoms with Crippen molar-refractivity contribution in [2.24, 2.45) is 0 Å². The van der Waals surface area contributed by atoms with Gasteiger partial charge in [0.1, 0.15) is 11.6 Å². The highest BCUT2D eigenvalue weighted by molar-refractivity contribution is 9.10. The van der Waals surface area contributed by atoms with Crippen molar-refractivity contribution in [2.45, 2.75) is 10.6 Å². The minimum absolute atomic E-state index is 0.207. The van der Waals surface area contributed by atoms with Gasteiger partial charge in [-0.3, -0.25) is 0 Å². The van der Waals surface area contributed by atoms with Gasteiger partial charge >= 0.3 is 0 Å². The molecule has 94 valence electrons. The maximum atomic E-state index is 12.8. The molecular weight excluding hydrogens is 315 g/mol. The average Bonchev–Trinajstić information content (AvgIpc) is 2.40. The second-order valence-corrected chi connectivity index (χ2v) is 5.60. The second-order valence-electron chi connectivity index (χ2n) is 3.70. The van der Waals surface area contributed by atoms with E-state index in [1.165, 1.54) is 12.1 Å². The average molecular weight is 327 g/mol. The molecule has 0 aliphatic carbocycles. The number of methoxy groups -OCH3 is 1. The molecule has 0 saturated heterocycles. The minimum atomic E-state index is -0.207. The third-order valence-corrected chi connectivity index (χ3v) is 4.30. The standard InChI is InChI=1S/C14H12BrFOS/c1-17-12-4-7-14(15)10(8-12)9-18-13-5-2-11(16)3-6-13/h2-8H,9H2,1H3. The van der Waals surface area contributed by atoms with E-state index < -0.39 is 0 Å². The third-order valence-electron chi connectivity index (χ3n) is 2.46. The minimum Gasteiger partial charge on any atom is -0.497 e. The van der Waals surface area contributed by atoms with E-state index in [0.29, 0.717) is 0 Å². The van der Waals surface area contributed by atoms with E-state index in [1.54, 1.807) is 31.0 Å². The highest BCUT2D eigenvalue weighted by Gasteiger charge is 2.03. The Morgan fingerprint density at radius 1 is 1.17 bits per heavy atom. The summed E-state index contributed by atoms with van der Waals surface area (Å²) >= 11 is 5.18. The Bertz CT molecular complexity index is 528. The summed E-state index contributed by atoms with van der Waals surface area (Å²) in [6.45, 7) is 0. The smallest absolute Gasteiger partial charge is 0.123 e. The fourth-order valence-corrected chi connectivity index (χ4v) is 2.94. The Labute approximate surface area is 118 Å². The maximum absolute atomic E-state index is 12.8. The van der Waals surface area contributed by atoms with Gasteiger partial charge in [0, 0.05) is 15.1 Å². The molecule has 0 spiro atoms. The second kappa shape index (κ2) is 6.25. The van der Waals surface area contributed by atoms with Gasteiger partial charge in [0.25, 0.3) is 0 Å². The predicted molar refractivity (Wildman–Crippen MR) is 76.7 cm³/mol. The van der Waals surface area contributed by atoms with E-state index >= 15 is 0 Å². The van der Waals surface area contributed by atoms with Gasteiger partial charge in [-0.25, -0.2) is 4.39 Å². The molecule has 0 unspecified atom stereocenters. The first-order valence-electron chi connectivity index (χ1n) is 5.40. The van der Waals surface area contributed by atoms with Crippen molar-refractivity contribution in [3.05, 3.63) is 58.3 Å². The molecule has 0 aliphatic rings. The van der Waals surface area contributed by atoms with Gasteiger partial charge in [-0.1, -0.05) is 15.9 Å². The number of benzene rings is 2. The van der Waals surface area contributed by atoms with Gasteiger partial charge in [0.05, 0.1) is 7.11 Å². The van der Waals surface area contributed by atoms with Crippen molar-refractivity contribution in [1.29, 1.82) is 0 Å². The van der Waals surface area contributed by atoms with Crippen LogP contribution in [0, 0.1) is 5.82 Å². The van der Waals surface area contributed by atoms with Crippen molar-refractivity contribution < 1.29 is 9.13 Å². The van der Waals surface area contributed by atoms with E-state index in [2.05, 4.69) is 15.9 Å². The molecule has 0 amide bonds. The van der Waals surface area contributed by atoms with Crippen molar-refractivity contribution in [3.63, 3.8) is 0 Å². The summed E-state index contributed by atoms with van der Waals surface area (Å²) in [5.41, 5.74) is 1.16. The van der Waals surface area contributed by atoms with Crippen LogP contribution in [0.4, 0.5) is 4.39 Å². The van der Waals surface area contributed by atoms with Gasteiger partial charge in [-0.05, 0) is 48.0 Å². The Balaban J connectivity index is 2.07. The van der Waals surface area contributed by atoms with E-state index in [4.69, 9.17) is 4.74 Å². The van der Waals surface area contributed by atoms with E-state index in [1.807, 2.05) is 18.2 Å². The lowest BCUT2D eigenvalue weighted by molar-refractivity contribution is 0.414. The number of rotatable bonds is 4. The first-order chi connectivity index (χ1) is 8.69. The number of hydrogen-bond donors (Lipinski definition) is 0. The molecule has 2 aromatic rings. The first kappa shape index (κ1) is 13.4. The van der Waals surface area contributed by atoms with Gasteiger partial charge in [-0.15, -0.1) is 11.8 Å². The molecule has 0 radical (unpaired) electrons. The molecule has 18 heavy (non-hydrogen) atoms. The number of halogens is 2. The number of hydrogen-bond acceptors (Lipinski definition) is 2. The van der Waals surface area contributed by atoms with E-state index in [-0.39, 0.29) is 5.82 Å². The quantitative estimate of drug-likeness (QED) is 0.740. The fraction of sp³-hybridized carbons (Fsp3) is 0.143. The number of thioether (sulfide) groups is 1. The lowest BCUT2D eigenvalue weighted by Gasteiger charge is -2.07. The summed E-state index contributed by atoms with van der Waals surface area (Å²) in [6, 6.07) is 12.4. The van der Waals surface area contributed by atoms with Crippen LogP contribution in [0.5, 0.6) is 5.75 Å². The molecule has 0 bridgehead atoms. The molecular formula is C14H12BrFOS. The largest absolute Gasteiger partial charge is 0.497 e. The van der Waals surface area contributed by atoms with Crippen LogP contribution in [0.3, 0.4) is 0 Å². The fourth-order valence-electron chi connectivity index (χ4n) is 1.48. The van der Waals surface area contributed by atoms with Gasteiger partial charge in [-0.2, -0.15) is 0 Å². The Kier molecular flexibility index (Phi) is 4.66. The molecule has 0 atom stereocenters. The summed E-state index contributed by atoms with van der Waals surface area (Å²) in [6.07, 6.45) is 0. The van der Waals surface area contributed by atoms with Crippen LogP contribution in [0.1, 0.15) is 5.56 Å². The molecule has 2 aromatic carbocycles. The number of ether oxygens (including phenoxy) is 1. The molecule has 2 rings (SSSR count). The van der Waals surface area contributed by atoms with Crippen molar-refractivity contribution in [3.8, 4) is 5.75 Å². The summed E-state index contributed by atoms with van der Waals surface area (Å²) < 4.78 is 19.0. The van der Waals surface area contributed by atoms with Crippen LogP contribution >= 0.6 is 27.7 Å². The summed E-state index contributed by atoms with van der Waals surface area (Å²) in [5, 5.41) is 0. The zero-order chi connectivity index (χ0) is 13.0. The Morgan fingerprint density at radius 2 is 1.89 bits per heavy atom. The van der Waals surface area contributed by atoms with Gasteiger partial charge in [0.2, 0.25) is 0 Å². The lowest BCUT2D eigenvalue weighted by atomic mass is 10.2. The Hall–Kier alpha value is -1.00. The normalized spacial score (nSPS) is 10.4. The van der Waals surface area contributed by atoms with E-state index in [0.717, 1.165) is 26.4 Å². The van der Waals surface area contributed by atoms with Crippen LogP contribution < -0.4 is 4.74 Å². The molecule has 0 aromatic heterocycles. The summed E-state index contributed by atoms with van der Waals surface area (Å²) in [5.74, 6) is 1.44. The SMILES string of the molecule is COc1ccc(Br)c(CSc2ccc(F)cc2)c1. The van der Waals surface area contributed by atoms with Crippen molar-refractivity contribution in [2.75, 3.05) is 7.11 Å². The molecule has 0 N–H and O–H groups in total. The van der Waals surface area contributed by atoms with Gasteiger partial charge < -0.3 is 4.74 Å². The summed E-state index contributed by atoms with van der Waals surface area (Å²) in [7, 11) is 1.65. The van der Waals surface area contributed by atoms with Crippen LogP contribution in [0.2, 0.25) is 0 Å². The monoisotopic (exact) mass is 326 g/mol. The predicted octanol–water partition coefficient (Wildman–Crippen LogP) is 4.89. The van der Waals surface area contributed by atoms with Crippen LogP contribution in [0.25, 0.3) is 0 Å². The molecule has 1 nitrogen and oxygen atoms in total. The lowest BCUT2D eigenvalue weighted by Crippen LogP contribution is -1.87. The summed E-state index contributed by atoms with van der Waals surface area (Å²) in [4.78, 5) is 1.05.